The fourth-order valence-electron chi connectivity index (χ4n) is 5.53. The van der Waals surface area contributed by atoms with E-state index in [2.05, 4.69) is 41.4 Å². The van der Waals surface area contributed by atoms with E-state index in [1.807, 2.05) is 44.2 Å². The number of benzene rings is 3. The van der Waals surface area contributed by atoms with Crippen molar-refractivity contribution in [3.63, 3.8) is 0 Å². The molecule has 1 aromatic heterocycles. The number of carbonyl (C=O) groups excluding carboxylic acids is 1. The van der Waals surface area contributed by atoms with Gasteiger partial charge in [0, 0.05) is 30.7 Å². The highest BCUT2D eigenvalue weighted by atomic mass is 35.5. The molecule has 1 fully saturated rings. The molecule has 202 valence electrons. The molecule has 0 aliphatic carbocycles. The quantitative estimate of drug-likeness (QED) is 0.324. The van der Waals surface area contributed by atoms with E-state index in [4.69, 9.17) is 16.6 Å². The lowest BCUT2D eigenvalue weighted by Gasteiger charge is -2.37. The molecule has 2 unspecified atom stereocenters. The minimum Gasteiger partial charge on any atom is -0.314 e. The van der Waals surface area contributed by atoms with Crippen LogP contribution in [0.4, 0.5) is 0 Å². The third-order valence-corrected chi connectivity index (χ3v) is 7.83. The Kier molecular flexibility index (Phi) is 8.26. The zero-order chi connectivity index (χ0) is 27.5. The average Bonchev–Trinajstić information content (AvgIpc) is 2.92. The molecule has 1 aliphatic rings. The summed E-state index contributed by atoms with van der Waals surface area (Å²) in [6.45, 7) is 9.15. The molecule has 0 bridgehead atoms. The zero-order valence-electron chi connectivity index (χ0n) is 22.7. The number of nitrogens with one attached hydrogen (secondary N) is 1. The Labute approximate surface area is 234 Å². The highest BCUT2D eigenvalue weighted by molar-refractivity contribution is 6.31. The molecule has 4 aromatic rings. The molecule has 0 amide bonds. The van der Waals surface area contributed by atoms with E-state index in [1.165, 1.54) is 11.1 Å². The first-order valence-electron chi connectivity index (χ1n) is 13.6. The predicted molar refractivity (Wildman–Crippen MR) is 158 cm³/mol. The number of rotatable bonds is 8. The summed E-state index contributed by atoms with van der Waals surface area (Å²) in [6.07, 6.45) is 0. The van der Waals surface area contributed by atoms with Gasteiger partial charge in [-0.1, -0.05) is 85.6 Å². The van der Waals surface area contributed by atoms with Crippen molar-refractivity contribution in [1.29, 1.82) is 0 Å². The third-order valence-electron chi connectivity index (χ3n) is 7.60. The van der Waals surface area contributed by atoms with Crippen LogP contribution in [-0.4, -0.2) is 46.4 Å². The molecule has 39 heavy (non-hydrogen) atoms. The van der Waals surface area contributed by atoms with Crippen LogP contribution in [0.15, 0.2) is 77.6 Å². The van der Waals surface area contributed by atoms with Crippen molar-refractivity contribution in [2.45, 2.75) is 39.3 Å². The van der Waals surface area contributed by atoms with Crippen LogP contribution in [-0.2, 0) is 11.3 Å². The number of aromatic nitrogens is 2. The number of piperazine rings is 1. The Bertz CT molecular complexity index is 1520. The Morgan fingerprint density at radius 2 is 1.82 bits per heavy atom. The SMILES string of the molecule is Cc1ccc(C2CNCCN2CC(=O)C(c2nc3cc(Cl)ccc3c(=O)n2Cc2ccccc2)C(C)C)cc1. The summed E-state index contributed by atoms with van der Waals surface area (Å²) < 4.78 is 1.68. The van der Waals surface area contributed by atoms with Gasteiger partial charge in [-0.3, -0.25) is 19.1 Å². The van der Waals surface area contributed by atoms with Gasteiger partial charge in [-0.25, -0.2) is 4.98 Å². The molecule has 2 heterocycles. The van der Waals surface area contributed by atoms with Gasteiger partial charge in [0.2, 0.25) is 0 Å². The molecule has 0 radical (unpaired) electrons. The highest BCUT2D eigenvalue weighted by Gasteiger charge is 2.33. The number of nitrogens with zero attached hydrogens (tertiary/aromatic N) is 3. The van der Waals surface area contributed by atoms with Gasteiger partial charge in [0.15, 0.2) is 5.78 Å². The van der Waals surface area contributed by atoms with Crippen LogP contribution in [0.5, 0.6) is 0 Å². The Morgan fingerprint density at radius 3 is 2.54 bits per heavy atom. The molecular weight excluding hydrogens is 508 g/mol. The van der Waals surface area contributed by atoms with E-state index < -0.39 is 5.92 Å². The predicted octanol–water partition coefficient (Wildman–Crippen LogP) is 5.36. The summed E-state index contributed by atoms with van der Waals surface area (Å²) in [7, 11) is 0. The number of carbonyl (C=O) groups is 1. The number of hydrogen-bond donors (Lipinski definition) is 1. The minimum atomic E-state index is -0.543. The van der Waals surface area contributed by atoms with Gasteiger partial charge in [-0.2, -0.15) is 0 Å². The van der Waals surface area contributed by atoms with Crippen LogP contribution in [0.2, 0.25) is 5.02 Å². The molecule has 5 rings (SSSR count). The van der Waals surface area contributed by atoms with Crippen LogP contribution in [0.3, 0.4) is 0 Å². The van der Waals surface area contributed by atoms with Crippen molar-refractivity contribution in [2.24, 2.45) is 5.92 Å². The maximum Gasteiger partial charge on any atom is 0.261 e. The number of hydrogen-bond acceptors (Lipinski definition) is 5. The summed E-state index contributed by atoms with van der Waals surface area (Å²) in [4.78, 5) is 35.2. The van der Waals surface area contributed by atoms with E-state index in [-0.39, 0.29) is 29.8 Å². The van der Waals surface area contributed by atoms with Crippen LogP contribution in [0.1, 0.15) is 48.3 Å². The summed E-state index contributed by atoms with van der Waals surface area (Å²) in [6, 6.07) is 23.6. The maximum absolute atomic E-state index is 14.2. The molecule has 7 heteroatoms. The second-order valence-corrected chi connectivity index (χ2v) is 11.2. The second kappa shape index (κ2) is 11.8. The van der Waals surface area contributed by atoms with Crippen molar-refractivity contribution >= 4 is 28.3 Å². The summed E-state index contributed by atoms with van der Waals surface area (Å²) in [5, 5.41) is 4.49. The fraction of sp³-hybridized carbons (Fsp3) is 0.344. The van der Waals surface area contributed by atoms with Crippen molar-refractivity contribution in [2.75, 3.05) is 26.2 Å². The third kappa shape index (κ3) is 5.98. The summed E-state index contributed by atoms with van der Waals surface area (Å²) in [5.41, 5.74) is 3.75. The maximum atomic E-state index is 14.2. The standard InChI is InChI=1S/C32H35ClN4O2/c1-21(2)30(29(38)20-36-16-15-34-18-28(36)24-11-9-22(3)10-12-24)31-35-27-17-25(33)13-14-26(27)32(39)37(31)19-23-7-5-4-6-8-23/h4-14,17,21,28,30,34H,15-16,18-20H2,1-3H3. The first-order valence-corrected chi connectivity index (χ1v) is 14.0. The molecule has 1 N–H and O–H groups in total. The van der Waals surface area contributed by atoms with Gasteiger partial charge >= 0.3 is 0 Å². The van der Waals surface area contributed by atoms with Gasteiger partial charge in [-0.05, 0) is 42.2 Å². The van der Waals surface area contributed by atoms with Gasteiger partial charge in [0.25, 0.3) is 5.56 Å². The molecule has 6 nitrogen and oxygen atoms in total. The fourth-order valence-corrected chi connectivity index (χ4v) is 5.70. The highest BCUT2D eigenvalue weighted by Crippen LogP contribution is 2.29. The van der Waals surface area contributed by atoms with Gasteiger partial charge in [-0.15, -0.1) is 0 Å². The number of fused-ring (bicyclic) bond motifs is 1. The first kappa shape index (κ1) is 27.3. The van der Waals surface area contributed by atoms with Crippen molar-refractivity contribution < 1.29 is 4.79 Å². The summed E-state index contributed by atoms with van der Waals surface area (Å²) >= 11 is 6.28. The summed E-state index contributed by atoms with van der Waals surface area (Å²) in [5.74, 6) is -0.0260. The Balaban J connectivity index is 1.55. The molecule has 1 aliphatic heterocycles. The molecule has 3 aromatic carbocycles. The van der Waals surface area contributed by atoms with E-state index >= 15 is 0 Å². The van der Waals surface area contributed by atoms with Crippen molar-refractivity contribution in [3.05, 3.63) is 111 Å². The Morgan fingerprint density at radius 1 is 1.08 bits per heavy atom. The number of Topliss-reactive ketones (excluding diaryl/α,β-unsaturated/α-hetero) is 1. The lowest BCUT2D eigenvalue weighted by atomic mass is 9.89. The zero-order valence-corrected chi connectivity index (χ0v) is 23.5. The second-order valence-electron chi connectivity index (χ2n) is 10.8. The van der Waals surface area contributed by atoms with Crippen molar-refractivity contribution in [3.8, 4) is 0 Å². The number of aryl methyl sites for hydroxylation is 1. The van der Waals surface area contributed by atoms with E-state index in [9.17, 15) is 9.59 Å². The molecule has 0 spiro atoms. The van der Waals surface area contributed by atoms with Crippen LogP contribution >= 0.6 is 11.6 Å². The monoisotopic (exact) mass is 542 g/mol. The van der Waals surface area contributed by atoms with Gasteiger partial charge in [0.1, 0.15) is 5.82 Å². The van der Waals surface area contributed by atoms with E-state index in [0.29, 0.717) is 28.3 Å². The topological polar surface area (TPSA) is 67.2 Å². The number of halogens is 1. The first-order chi connectivity index (χ1) is 18.8. The van der Waals surface area contributed by atoms with E-state index in [0.717, 1.165) is 25.2 Å². The average molecular weight is 543 g/mol. The minimum absolute atomic E-state index is 0.0520. The van der Waals surface area contributed by atoms with Gasteiger partial charge in [0.05, 0.1) is 29.9 Å². The molecule has 1 saturated heterocycles. The van der Waals surface area contributed by atoms with Crippen LogP contribution in [0.25, 0.3) is 10.9 Å². The van der Waals surface area contributed by atoms with Crippen LogP contribution < -0.4 is 10.9 Å². The van der Waals surface area contributed by atoms with Crippen molar-refractivity contribution in [1.82, 2.24) is 19.8 Å². The molecule has 0 saturated carbocycles. The van der Waals surface area contributed by atoms with E-state index in [1.54, 1.807) is 22.8 Å². The lowest BCUT2D eigenvalue weighted by molar-refractivity contribution is -0.123. The molecular formula is C32H35ClN4O2. The lowest BCUT2D eigenvalue weighted by Crippen LogP contribution is -2.48. The molecule has 2 atom stereocenters. The Hall–Kier alpha value is -3.32. The van der Waals surface area contributed by atoms with Gasteiger partial charge < -0.3 is 5.32 Å². The van der Waals surface area contributed by atoms with Crippen LogP contribution in [0, 0.1) is 12.8 Å². The normalized spacial score (nSPS) is 17.0. The smallest absolute Gasteiger partial charge is 0.261 e. The number of ketones is 1. The largest absolute Gasteiger partial charge is 0.314 e.